The van der Waals surface area contributed by atoms with Crippen molar-refractivity contribution >= 4 is 11.9 Å². The number of rotatable bonds is 52. The van der Waals surface area contributed by atoms with Gasteiger partial charge in [0.25, 0.3) is 0 Å². The van der Waals surface area contributed by atoms with E-state index in [1.807, 2.05) is 0 Å². The maximum atomic E-state index is 12.6. The van der Waals surface area contributed by atoms with Crippen LogP contribution in [0.15, 0.2) is 97.2 Å². The van der Waals surface area contributed by atoms with Crippen LogP contribution in [0, 0.1) is 0 Å². The largest absolute Gasteiger partial charge is 0.466 e. The van der Waals surface area contributed by atoms with Gasteiger partial charge in [-0.15, -0.1) is 0 Å². The number of allylic oxidation sites excluding steroid dienone is 12. The predicted molar refractivity (Wildman–Crippen MR) is 293 cm³/mol. The topological polar surface area (TPSA) is 113 Å². The van der Waals surface area contributed by atoms with Crippen LogP contribution in [0.5, 0.6) is 0 Å². The molecule has 10 heteroatoms. The molecule has 0 saturated carbocycles. The molecule has 0 aromatic heterocycles. The van der Waals surface area contributed by atoms with Crippen molar-refractivity contribution in [1.82, 2.24) is 4.90 Å². The summed E-state index contributed by atoms with van der Waals surface area (Å²) in [4.78, 5) is 27.8. The van der Waals surface area contributed by atoms with Crippen molar-refractivity contribution in [2.45, 2.75) is 207 Å². The van der Waals surface area contributed by atoms with Gasteiger partial charge >= 0.3 is 11.9 Å². The monoisotopic (exact) mass is 982 g/mol. The molecule has 402 valence electrons. The zero-order valence-corrected chi connectivity index (χ0v) is 45.0. The van der Waals surface area contributed by atoms with E-state index in [1.54, 1.807) is 0 Å². The first-order valence-electron chi connectivity index (χ1n) is 27.8. The molecule has 1 N–H and O–H groups in total. The standard InChI is InChI=1S/C60H103NO9/c1-5-9-13-17-21-27-39-53-67-59(68-54-40-28-22-18-14-10-6-2)45-43-57(63)65-51-37-31-25-33-47-61(49-35-36-50-62)48-34-26-32-38-52-66-58(64)44-46-60(69-55-41-29-23-19-15-11-7-3)70-56-42-30-24-20-16-12-8-4/h9-16,21-24,27-30,59-60,62H,5-8,17-20,25-26,31-56H2,1-4H3/b13-9+,14-10+,15-11+,16-12+,27-21+,28-22+,29-23+,30-24+. The van der Waals surface area contributed by atoms with Gasteiger partial charge in [0, 0.05) is 19.4 Å². The van der Waals surface area contributed by atoms with Crippen LogP contribution < -0.4 is 0 Å². The highest BCUT2D eigenvalue weighted by Crippen LogP contribution is 2.12. The summed E-state index contributed by atoms with van der Waals surface area (Å²) < 4.78 is 35.3. The van der Waals surface area contributed by atoms with E-state index in [2.05, 4.69) is 130 Å². The van der Waals surface area contributed by atoms with E-state index in [0.717, 1.165) is 161 Å². The lowest BCUT2D eigenvalue weighted by atomic mass is 10.1. The Kier molecular flexibility index (Phi) is 53.8. The maximum absolute atomic E-state index is 12.6. The van der Waals surface area contributed by atoms with E-state index < -0.39 is 12.6 Å². The van der Waals surface area contributed by atoms with Gasteiger partial charge in [-0.3, -0.25) is 9.59 Å². The second-order valence-corrected chi connectivity index (χ2v) is 17.5. The number of nitrogens with zero attached hydrogens (tertiary/aromatic N) is 1. The lowest BCUT2D eigenvalue weighted by molar-refractivity contribution is -0.158. The van der Waals surface area contributed by atoms with Gasteiger partial charge in [0.05, 0.1) is 52.5 Å². The molecular weight excluding hydrogens is 879 g/mol. The second-order valence-electron chi connectivity index (χ2n) is 17.5. The van der Waals surface area contributed by atoms with E-state index >= 15 is 0 Å². The van der Waals surface area contributed by atoms with Gasteiger partial charge in [-0.05, 0) is 135 Å². The van der Waals surface area contributed by atoms with Gasteiger partial charge in [0.15, 0.2) is 12.6 Å². The fraction of sp³-hybridized carbons (Fsp3) is 0.700. The highest BCUT2D eigenvalue weighted by molar-refractivity contribution is 5.69. The second kappa shape index (κ2) is 56.5. The van der Waals surface area contributed by atoms with Crippen LogP contribution in [0.25, 0.3) is 0 Å². The Labute approximate surface area is 428 Å². The molecule has 0 fully saturated rings. The molecule has 0 amide bonds. The number of hydrogen-bond donors (Lipinski definition) is 1. The summed E-state index contributed by atoms with van der Waals surface area (Å²) in [6.07, 6.45) is 56.1. The molecule has 0 spiro atoms. The van der Waals surface area contributed by atoms with E-state index in [1.165, 1.54) is 0 Å². The molecule has 0 aromatic rings. The molecule has 0 aliphatic heterocycles. The van der Waals surface area contributed by atoms with Crippen molar-refractivity contribution in [1.29, 1.82) is 0 Å². The predicted octanol–water partition coefficient (Wildman–Crippen LogP) is 14.8. The molecule has 70 heavy (non-hydrogen) atoms. The van der Waals surface area contributed by atoms with Crippen LogP contribution in [0.2, 0.25) is 0 Å². The van der Waals surface area contributed by atoms with Crippen molar-refractivity contribution in [2.75, 3.05) is 65.9 Å². The zero-order chi connectivity index (χ0) is 50.9. The Balaban J connectivity index is 4.51. The van der Waals surface area contributed by atoms with Gasteiger partial charge in [-0.2, -0.15) is 0 Å². The third kappa shape index (κ3) is 51.0. The number of hydrogen-bond acceptors (Lipinski definition) is 10. The lowest BCUT2D eigenvalue weighted by Gasteiger charge is -2.22. The molecule has 10 nitrogen and oxygen atoms in total. The molecule has 0 bridgehead atoms. The van der Waals surface area contributed by atoms with Gasteiger partial charge in [0.1, 0.15) is 0 Å². The fourth-order valence-electron chi connectivity index (χ4n) is 7.07. The van der Waals surface area contributed by atoms with Crippen molar-refractivity contribution < 1.29 is 43.1 Å². The van der Waals surface area contributed by atoms with Crippen molar-refractivity contribution in [2.24, 2.45) is 0 Å². The summed E-state index contributed by atoms with van der Waals surface area (Å²) in [5.74, 6) is -0.404. The van der Waals surface area contributed by atoms with Crippen LogP contribution >= 0.6 is 0 Å². The van der Waals surface area contributed by atoms with Crippen molar-refractivity contribution in [3.8, 4) is 0 Å². The number of unbranched alkanes of at least 4 members (excludes halogenated alkanes) is 7. The third-order valence-corrected chi connectivity index (χ3v) is 11.0. The number of aliphatic hydroxyl groups excluding tert-OH is 1. The molecule has 0 heterocycles. The molecule has 0 aromatic carbocycles. The van der Waals surface area contributed by atoms with Gasteiger partial charge in [0.2, 0.25) is 0 Å². The summed E-state index contributed by atoms with van der Waals surface area (Å²) in [7, 11) is 0. The number of carbonyl (C=O) groups is 2. The lowest BCUT2D eigenvalue weighted by Crippen LogP contribution is -2.27. The molecule has 0 unspecified atom stereocenters. The minimum Gasteiger partial charge on any atom is -0.466 e. The Morgan fingerprint density at radius 1 is 0.386 bits per heavy atom. The summed E-state index contributed by atoms with van der Waals surface area (Å²) in [5.41, 5.74) is 0. The van der Waals surface area contributed by atoms with E-state index in [0.29, 0.717) is 52.5 Å². The highest BCUT2D eigenvalue weighted by Gasteiger charge is 2.15. The first-order chi connectivity index (χ1) is 34.5. The Bertz CT molecular complexity index is 1220. The minimum absolute atomic E-state index is 0.202. The molecule has 0 aliphatic carbocycles. The van der Waals surface area contributed by atoms with Crippen LogP contribution in [-0.4, -0.2) is 100 Å². The number of ether oxygens (including phenoxy) is 6. The molecule has 0 radical (unpaired) electrons. The molecule has 0 rings (SSSR count). The van der Waals surface area contributed by atoms with Crippen LogP contribution in [0.3, 0.4) is 0 Å². The summed E-state index contributed by atoms with van der Waals surface area (Å²) in [6, 6.07) is 0. The van der Waals surface area contributed by atoms with E-state index in [-0.39, 0.29) is 31.4 Å². The van der Waals surface area contributed by atoms with Gasteiger partial charge < -0.3 is 38.4 Å². The fourth-order valence-corrected chi connectivity index (χ4v) is 7.07. The minimum atomic E-state index is -0.432. The number of aliphatic hydroxyl groups is 1. The van der Waals surface area contributed by atoms with E-state index in [4.69, 9.17) is 28.4 Å². The average Bonchev–Trinajstić information content (AvgIpc) is 3.36. The zero-order valence-electron chi connectivity index (χ0n) is 45.0. The van der Waals surface area contributed by atoms with Crippen molar-refractivity contribution in [3.05, 3.63) is 97.2 Å². The van der Waals surface area contributed by atoms with E-state index in [9.17, 15) is 14.7 Å². The SMILES string of the molecule is CC/C=C/C/C=C/CCOC(CCC(=O)OCCCCCCN(CCCCO)CCCCCCOC(=O)CCC(OCC/C=C/C/C=C/CC)OCC/C=C/C/C=C/CC)OCC/C=C/C/C=C/CC. The summed E-state index contributed by atoms with van der Waals surface area (Å²) >= 11 is 0. The first-order valence-corrected chi connectivity index (χ1v) is 27.8. The molecule has 0 saturated heterocycles. The molecular formula is C60H103NO9. The Morgan fingerprint density at radius 3 is 1.00 bits per heavy atom. The van der Waals surface area contributed by atoms with Crippen LogP contribution in [0.4, 0.5) is 0 Å². The normalized spacial score (nSPS) is 12.7. The smallest absolute Gasteiger partial charge is 0.305 e. The number of carbonyl (C=O) groups excluding carboxylic acids is 2. The maximum Gasteiger partial charge on any atom is 0.305 e. The summed E-state index contributed by atoms with van der Waals surface area (Å²) in [6.45, 7) is 14.9. The Morgan fingerprint density at radius 2 is 0.686 bits per heavy atom. The molecule has 0 atom stereocenters. The van der Waals surface area contributed by atoms with Gasteiger partial charge in [-0.25, -0.2) is 0 Å². The quantitative estimate of drug-likeness (QED) is 0.0274. The first kappa shape index (κ1) is 66.6. The highest BCUT2D eigenvalue weighted by atomic mass is 16.7. The van der Waals surface area contributed by atoms with Crippen LogP contribution in [-0.2, 0) is 38.0 Å². The summed E-state index contributed by atoms with van der Waals surface area (Å²) in [5, 5.41) is 9.36. The molecule has 0 aliphatic rings. The Hall–Kier alpha value is -3.38. The third-order valence-electron chi connectivity index (χ3n) is 11.0. The number of esters is 2. The van der Waals surface area contributed by atoms with Gasteiger partial charge in [-0.1, -0.05) is 151 Å². The average molecular weight is 982 g/mol. The van der Waals surface area contributed by atoms with Crippen molar-refractivity contribution in [3.63, 3.8) is 0 Å². The van der Waals surface area contributed by atoms with Crippen LogP contribution in [0.1, 0.15) is 195 Å².